The maximum atomic E-state index is 13.7. The third-order valence-corrected chi connectivity index (χ3v) is 9.35. The van der Waals surface area contributed by atoms with Crippen LogP contribution in [0.4, 0.5) is 17.6 Å². The minimum Gasteiger partial charge on any atom is -0.394 e. The van der Waals surface area contributed by atoms with Crippen LogP contribution in [0.5, 0.6) is 0 Å². The number of nitrogens with one attached hydrogen (secondary N) is 1. The lowest BCUT2D eigenvalue weighted by atomic mass is 10.0. The molecular formula is C29H27ClF4N2O9S. The van der Waals surface area contributed by atoms with Crippen LogP contribution < -0.4 is 5.32 Å². The number of rotatable bonds is 11. The number of alkyl halides is 4. The Hall–Kier alpha value is -3.61. The summed E-state index contributed by atoms with van der Waals surface area (Å²) in [4.78, 5) is 12.3. The van der Waals surface area contributed by atoms with Crippen molar-refractivity contribution in [2.45, 2.75) is 41.2 Å². The molecule has 4 rings (SSSR count). The second kappa shape index (κ2) is 12.9. The van der Waals surface area contributed by atoms with E-state index in [1.807, 2.05) is 0 Å². The summed E-state index contributed by atoms with van der Waals surface area (Å²) in [6, 6.07) is 11.8. The van der Waals surface area contributed by atoms with Crippen molar-refractivity contribution in [2.24, 2.45) is 0 Å². The number of carbonyl (C=O) groups excluding carboxylic acids is 1. The molecule has 0 bridgehead atoms. The molecule has 4 aromatic rings. The maximum absolute atomic E-state index is 13.7. The van der Waals surface area contributed by atoms with Gasteiger partial charge in [0.05, 0.1) is 29.7 Å². The Labute approximate surface area is 263 Å². The molecule has 0 saturated heterocycles. The average molecular weight is 691 g/mol. The summed E-state index contributed by atoms with van der Waals surface area (Å²) in [6.45, 7) is -1.67. The quantitative estimate of drug-likeness (QED) is 0.0916. The Morgan fingerprint density at radius 3 is 2.15 bits per heavy atom. The lowest BCUT2D eigenvalue weighted by Crippen LogP contribution is -2.59. The van der Waals surface area contributed by atoms with Crippen LogP contribution in [0, 0.1) is 0 Å². The number of aryl methyl sites for hydroxylation is 1. The van der Waals surface area contributed by atoms with Crippen molar-refractivity contribution in [3.63, 3.8) is 0 Å². The Morgan fingerprint density at radius 1 is 0.935 bits per heavy atom. The first kappa shape index (κ1) is 35.2. The third kappa shape index (κ3) is 6.89. The van der Waals surface area contributed by atoms with Crippen molar-refractivity contribution in [3.05, 3.63) is 99.7 Å². The molecular weight excluding hydrogens is 664 g/mol. The Morgan fingerprint density at radius 2 is 1.59 bits per heavy atom. The zero-order valence-corrected chi connectivity index (χ0v) is 25.0. The lowest BCUT2D eigenvalue weighted by molar-refractivity contribution is -0.414. The normalized spacial score (nSPS) is 13.6. The van der Waals surface area contributed by atoms with Crippen LogP contribution in [0.25, 0.3) is 10.9 Å². The maximum Gasteiger partial charge on any atom is 0.416 e. The Kier molecular flexibility index (Phi) is 9.87. The number of nitrogens with zero attached hydrogens (tertiary/aromatic N) is 1. The van der Waals surface area contributed by atoms with Crippen LogP contribution >= 0.6 is 11.6 Å². The summed E-state index contributed by atoms with van der Waals surface area (Å²) < 4.78 is 80.8. The van der Waals surface area contributed by atoms with E-state index in [1.54, 1.807) is 0 Å². The molecule has 46 heavy (non-hydrogen) atoms. The summed E-state index contributed by atoms with van der Waals surface area (Å²) in [7, 11) is -5.35. The fourth-order valence-corrected chi connectivity index (χ4v) is 6.18. The first-order chi connectivity index (χ1) is 21.3. The Balaban J connectivity index is 1.60. The van der Waals surface area contributed by atoms with E-state index in [4.69, 9.17) is 26.9 Å². The van der Waals surface area contributed by atoms with E-state index in [2.05, 4.69) is 5.32 Å². The molecule has 0 aliphatic heterocycles. The summed E-state index contributed by atoms with van der Waals surface area (Å²) >= 11 is 5.78. The summed E-state index contributed by atoms with van der Waals surface area (Å²) in [6.07, 6.45) is -4.91. The molecule has 1 amide bonds. The number of benzene rings is 3. The van der Waals surface area contributed by atoms with Crippen LogP contribution in [-0.2, 0) is 29.0 Å². The number of hydrogen-bond donors (Lipinski definition) is 7. The molecule has 0 aliphatic carbocycles. The highest BCUT2D eigenvalue weighted by atomic mass is 35.5. The van der Waals surface area contributed by atoms with E-state index < -0.39 is 62.8 Å². The lowest BCUT2D eigenvalue weighted by Gasteiger charge is -2.29. The van der Waals surface area contributed by atoms with Gasteiger partial charge in [-0.25, -0.2) is 12.8 Å². The topological polar surface area (TPSA) is 190 Å². The van der Waals surface area contributed by atoms with Crippen molar-refractivity contribution in [3.8, 4) is 0 Å². The monoisotopic (exact) mass is 690 g/mol. The number of amides is 1. The summed E-state index contributed by atoms with van der Waals surface area (Å²) in [5.41, 5.74) is -0.0317. The van der Waals surface area contributed by atoms with Gasteiger partial charge in [-0.15, -0.1) is 0 Å². The van der Waals surface area contributed by atoms with Gasteiger partial charge in [-0.1, -0.05) is 29.8 Å². The molecule has 1 aromatic heterocycles. The van der Waals surface area contributed by atoms with Crippen LogP contribution in [0.3, 0.4) is 0 Å². The second-order valence-electron chi connectivity index (χ2n) is 10.3. The van der Waals surface area contributed by atoms with Crippen LogP contribution in [0.2, 0.25) is 5.02 Å². The number of aliphatic hydroxyl groups is 6. The number of aromatic nitrogens is 1. The van der Waals surface area contributed by atoms with Gasteiger partial charge >= 0.3 is 17.3 Å². The Bertz CT molecular complexity index is 1860. The molecule has 17 heteroatoms. The molecule has 0 aliphatic rings. The minimum absolute atomic E-state index is 0.0621. The van der Waals surface area contributed by atoms with Crippen molar-refractivity contribution in [2.75, 3.05) is 13.3 Å². The van der Waals surface area contributed by atoms with Gasteiger partial charge in [0.1, 0.15) is 6.67 Å². The highest BCUT2D eigenvalue weighted by Crippen LogP contribution is 2.36. The van der Waals surface area contributed by atoms with Gasteiger partial charge < -0.3 is 40.5 Å². The number of hydrogen-bond acceptors (Lipinski definition) is 9. The first-order valence-corrected chi connectivity index (χ1v) is 15.1. The zero-order chi connectivity index (χ0) is 34.2. The summed E-state index contributed by atoms with van der Waals surface area (Å²) in [5.74, 6) is -5.15. The molecule has 1 unspecified atom stereocenters. The van der Waals surface area contributed by atoms with Gasteiger partial charge in [0.15, 0.2) is 0 Å². The molecule has 11 nitrogen and oxygen atoms in total. The SMILES string of the molecule is O=C(NC(CO)c1ccc(S(=O)(=O)C(O)(O)C(O)(O)O)cc1)c1ccc2c(c1)cc(Cc1ccc(Cl)cc1C(F)(F)F)n2CCF. The molecule has 0 saturated carbocycles. The van der Waals surface area contributed by atoms with Crippen molar-refractivity contribution >= 4 is 38.2 Å². The molecule has 1 atom stereocenters. The minimum atomic E-state index is -5.35. The third-order valence-electron chi connectivity index (χ3n) is 7.20. The number of carbonyl (C=O) groups is 1. The van der Waals surface area contributed by atoms with E-state index in [9.17, 15) is 46.1 Å². The van der Waals surface area contributed by atoms with Crippen molar-refractivity contribution in [1.82, 2.24) is 9.88 Å². The van der Waals surface area contributed by atoms with E-state index in [-0.39, 0.29) is 34.7 Å². The molecule has 0 radical (unpaired) electrons. The highest BCUT2D eigenvalue weighted by molar-refractivity contribution is 7.92. The van der Waals surface area contributed by atoms with Gasteiger partial charge in [-0.3, -0.25) is 4.79 Å². The average Bonchev–Trinajstić information content (AvgIpc) is 3.31. The molecule has 1 heterocycles. The fourth-order valence-electron chi connectivity index (χ4n) is 4.83. The van der Waals surface area contributed by atoms with Gasteiger partial charge in [-0.05, 0) is 59.7 Å². The number of aliphatic hydroxyl groups excluding tert-OH is 1. The second-order valence-corrected chi connectivity index (χ2v) is 12.7. The standard InChI is InChI=1S/C29H27ClF4N2O9S/c30-20-5-1-17(23(14-20)27(32,33)34)12-21-13-19-11-18(4-8-25(19)36(21)10-9-31)26(38)35-24(15-37)16-2-6-22(7-3-16)46(44,45)29(42,43)28(39,40)41/h1-8,11,13-14,24,37,39-43H,9-10,12,15H2,(H,35,38). The number of halogens is 5. The van der Waals surface area contributed by atoms with Crippen molar-refractivity contribution in [1.29, 1.82) is 0 Å². The highest BCUT2D eigenvalue weighted by Gasteiger charge is 2.58. The van der Waals surface area contributed by atoms with Gasteiger partial charge in [-0.2, -0.15) is 13.2 Å². The van der Waals surface area contributed by atoms with Crippen LogP contribution in [0.15, 0.2) is 71.6 Å². The van der Waals surface area contributed by atoms with Crippen LogP contribution in [0.1, 0.15) is 38.8 Å². The van der Waals surface area contributed by atoms with E-state index >= 15 is 0 Å². The van der Waals surface area contributed by atoms with Crippen molar-refractivity contribution < 1.29 is 61.4 Å². The molecule has 248 valence electrons. The van der Waals surface area contributed by atoms with Gasteiger partial charge in [0, 0.05) is 33.6 Å². The number of fused-ring (bicyclic) bond motifs is 1. The first-order valence-electron chi connectivity index (χ1n) is 13.2. The predicted molar refractivity (Wildman–Crippen MR) is 155 cm³/mol. The predicted octanol–water partition coefficient (Wildman–Crippen LogP) is 2.38. The van der Waals surface area contributed by atoms with Gasteiger partial charge in [0.25, 0.3) is 5.91 Å². The fraction of sp³-hybridized carbons (Fsp3) is 0.276. The smallest absolute Gasteiger partial charge is 0.394 e. The molecule has 0 fully saturated rings. The molecule has 3 aromatic carbocycles. The van der Waals surface area contributed by atoms with Gasteiger partial charge in [0.2, 0.25) is 9.84 Å². The zero-order valence-electron chi connectivity index (χ0n) is 23.4. The molecule has 7 N–H and O–H groups in total. The summed E-state index contributed by atoms with van der Waals surface area (Å²) in [5, 5.41) is 54.7. The number of sulfone groups is 1. The largest absolute Gasteiger partial charge is 0.416 e. The van der Waals surface area contributed by atoms with E-state index in [0.717, 1.165) is 30.3 Å². The molecule has 0 spiro atoms. The van der Waals surface area contributed by atoms with Crippen LogP contribution in [-0.4, -0.2) is 73.9 Å². The van der Waals surface area contributed by atoms with E-state index in [0.29, 0.717) is 16.6 Å². The van der Waals surface area contributed by atoms with E-state index in [1.165, 1.54) is 41.0 Å².